The molecular formula is C16H12F4N2O3S. The first-order valence-corrected chi connectivity index (χ1v) is 8.27. The van der Waals surface area contributed by atoms with Crippen molar-refractivity contribution in [1.82, 2.24) is 9.97 Å². The predicted molar refractivity (Wildman–Crippen MR) is 83.4 cm³/mol. The molecule has 2 aromatic rings. The van der Waals surface area contributed by atoms with Gasteiger partial charge in [-0.3, -0.25) is 4.79 Å². The number of benzene rings is 1. The maximum absolute atomic E-state index is 13.4. The number of carbonyl (C=O) groups is 1. The fourth-order valence-corrected chi connectivity index (χ4v) is 3.10. The van der Waals surface area contributed by atoms with Crippen LogP contribution in [0.15, 0.2) is 41.6 Å². The lowest BCUT2D eigenvalue weighted by Crippen LogP contribution is -2.45. The minimum atomic E-state index is -4.63. The molecule has 3 rings (SSSR count). The summed E-state index contributed by atoms with van der Waals surface area (Å²) in [6, 6.07) is 4.92. The molecule has 1 aromatic heterocycles. The first kappa shape index (κ1) is 18.6. The van der Waals surface area contributed by atoms with Crippen LogP contribution < -0.4 is 4.74 Å². The van der Waals surface area contributed by atoms with Crippen LogP contribution in [0.5, 0.6) is 5.75 Å². The first-order chi connectivity index (χ1) is 12.2. The zero-order chi connectivity index (χ0) is 18.9. The first-order valence-electron chi connectivity index (χ1n) is 7.45. The van der Waals surface area contributed by atoms with Gasteiger partial charge < -0.3 is 9.84 Å². The summed E-state index contributed by atoms with van der Waals surface area (Å²) in [5.74, 6) is -0.694. The van der Waals surface area contributed by atoms with E-state index in [-0.39, 0.29) is 40.9 Å². The summed E-state index contributed by atoms with van der Waals surface area (Å²) in [5.41, 5.74) is 0.0575. The van der Waals surface area contributed by atoms with Gasteiger partial charge in [0.05, 0.1) is 4.90 Å². The second kappa shape index (κ2) is 6.84. The molecule has 0 saturated heterocycles. The van der Waals surface area contributed by atoms with Crippen LogP contribution in [0.1, 0.15) is 35.1 Å². The normalized spacial score (nSPS) is 18.5. The van der Waals surface area contributed by atoms with Crippen molar-refractivity contribution in [3.63, 3.8) is 0 Å². The van der Waals surface area contributed by atoms with Gasteiger partial charge in [0.25, 0.3) is 0 Å². The van der Waals surface area contributed by atoms with Crippen LogP contribution in [-0.2, 0) is 0 Å². The summed E-state index contributed by atoms with van der Waals surface area (Å²) in [5, 5.41) is 5.51. The van der Waals surface area contributed by atoms with Crippen molar-refractivity contribution in [2.24, 2.45) is 0 Å². The fourth-order valence-electron chi connectivity index (χ4n) is 2.26. The van der Waals surface area contributed by atoms with Crippen LogP contribution in [0.3, 0.4) is 0 Å². The van der Waals surface area contributed by atoms with E-state index in [0.29, 0.717) is 0 Å². The Hall–Kier alpha value is -2.20. The molecule has 0 bridgehead atoms. The van der Waals surface area contributed by atoms with Crippen molar-refractivity contribution in [2.45, 2.75) is 35.2 Å². The van der Waals surface area contributed by atoms with Crippen molar-refractivity contribution in [3.05, 3.63) is 48.0 Å². The Labute approximate surface area is 149 Å². The molecule has 2 heterocycles. The molecule has 1 atom stereocenters. The fraction of sp³-hybridized carbons (Fsp3) is 0.312. The van der Waals surface area contributed by atoms with Crippen LogP contribution in [0.2, 0.25) is 0 Å². The molecule has 0 aliphatic carbocycles. The second-order valence-corrected chi connectivity index (χ2v) is 6.64. The summed E-state index contributed by atoms with van der Waals surface area (Å²) in [6.07, 6.45) is -2.86. The third kappa shape index (κ3) is 3.65. The highest BCUT2D eigenvalue weighted by Crippen LogP contribution is 2.54. The minimum absolute atomic E-state index is 0.0256. The van der Waals surface area contributed by atoms with Crippen molar-refractivity contribution in [2.75, 3.05) is 0 Å². The number of aromatic nitrogens is 2. The zero-order valence-electron chi connectivity index (χ0n) is 13.0. The number of alkyl halides is 4. The lowest BCUT2D eigenvalue weighted by molar-refractivity contribution is -0.273. The van der Waals surface area contributed by atoms with Crippen molar-refractivity contribution in [1.29, 1.82) is 0 Å². The van der Waals surface area contributed by atoms with Gasteiger partial charge in [0.2, 0.25) is 0 Å². The van der Waals surface area contributed by atoms with E-state index < -0.39 is 29.0 Å². The van der Waals surface area contributed by atoms with Crippen LogP contribution >= 0.6 is 11.8 Å². The van der Waals surface area contributed by atoms with Gasteiger partial charge in [-0.15, -0.1) is 0 Å². The molecule has 10 heteroatoms. The molecule has 0 amide bonds. The lowest BCUT2D eigenvalue weighted by atomic mass is 10.0. The number of aliphatic hydroxyl groups excluding tert-OH is 1. The van der Waals surface area contributed by atoms with Gasteiger partial charge in [-0.05, 0) is 42.4 Å². The molecular weight excluding hydrogens is 376 g/mol. The molecule has 26 heavy (non-hydrogen) atoms. The number of hydrogen-bond acceptors (Lipinski definition) is 6. The largest absolute Gasteiger partial charge is 0.475 e. The van der Waals surface area contributed by atoms with Gasteiger partial charge >= 0.3 is 11.4 Å². The topological polar surface area (TPSA) is 72.3 Å². The maximum Gasteiger partial charge on any atom is 0.475 e. The Kier molecular flexibility index (Phi) is 4.89. The van der Waals surface area contributed by atoms with Crippen molar-refractivity contribution in [3.8, 4) is 5.75 Å². The Morgan fingerprint density at radius 2 is 1.92 bits per heavy atom. The average molecular weight is 388 g/mol. The van der Waals surface area contributed by atoms with Gasteiger partial charge in [-0.25, -0.2) is 9.97 Å². The third-order valence-electron chi connectivity index (χ3n) is 3.61. The number of nitrogens with zero attached hydrogens (tertiary/aromatic N) is 2. The van der Waals surface area contributed by atoms with E-state index in [1.54, 1.807) is 6.07 Å². The number of ketones is 1. The van der Waals surface area contributed by atoms with E-state index in [1.807, 2.05) is 0 Å². The molecule has 1 aromatic carbocycles. The number of halogens is 4. The van der Waals surface area contributed by atoms with Gasteiger partial charge in [0.1, 0.15) is 11.9 Å². The van der Waals surface area contributed by atoms with E-state index in [2.05, 4.69) is 14.7 Å². The Morgan fingerprint density at radius 3 is 2.62 bits per heavy atom. The van der Waals surface area contributed by atoms with Crippen molar-refractivity contribution >= 4 is 17.5 Å². The molecule has 0 spiro atoms. The summed E-state index contributed by atoms with van der Waals surface area (Å²) in [6.45, 7) is 0. The molecule has 0 saturated carbocycles. The maximum atomic E-state index is 13.4. The molecule has 1 aliphatic heterocycles. The summed E-state index contributed by atoms with van der Waals surface area (Å²) in [4.78, 5) is 19.7. The Balaban J connectivity index is 1.70. The van der Waals surface area contributed by atoms with Crippen LogP contribution in [0.4, 0.5) is 17.6 Å². The van der Waals surface area contributed by atoms with Gasteiger partial charge in [0, 0.05) is 24.4 Å². The highest BCUT2D eigenvalue weighted by atomic mass is 32.2. The van der Waals surface area contributed by atoms with E-state index in [1.165, 1.54) is 18.5 Å². The van der Waals surface area contributed by atoms with E-state index in [9.17, 15) is 27.5 Å². The highest BCUT2D eigenvalue weighted by molar-refractivity contribution is 8.00. The summed E-state index contributed by atoms with van der Waals surface area (Å²) < 4.78 is 57.2. The average Bonchev–Trinajstić information content (AvgIpc) is 2.60. The van der Waals surface area contributed by atoms with E-state index in [4.69, 9.17) is 0 Å². The number of thioether (sulfide) groups is 1. The molecule has 138 valence electrons. The predicted octanol–water partition coefficient (Wildman–Crippen LogP) is 3.84. The smallest absolute Gasteiger partial charge is 0.426 e. The number of carbonyl (C=O) groups excluding carboxylic acids is 1. The second-order valence-electron chi connectivity index (χ2n) is 5.48. The molecule has 1 unspecified atom stereocenters. The standard InChI is InChI=1S/C16H12F4N2O3S/c17-15(18)16(19,20)26-13-8-9(2-5-12(13)25-15)10(23)3-4-11(24)14-21-6-1-7-22-14/h1-2,5-8,11,24H,3-4H2. The van der Waals surface area contributed by atoms with Gasteiger partial charge in [-0.1, -0.05) is 0 Å². The zero-order valence-corrected chi connectivity index (χ0v) is 13.9. The van der Waals surface area contributed by atoms with Crippen molar-refractivity contribution < 1.29 is 32.2 Å². The molecule has 0 fully saturated rings. The molecule has 1 aliphatic rings. The SMILES string of the molecule is O=C(CCC(O)c1ncccn1)c1ccc2c(c1)SC(F)(F)C(F)(F)O2. The highest BCUT2D eigenvalue weighted by Gasteiger charge is 2.63. The van der Waals surface area contributed by atoms with Crippen LogP contribution in [-0.4, -0.2) is 32.2 Å². The third-order valence-corrected chi connectivity index (χ3v) is 4.64. The quantitative estimate of drug-likeness (QED) is 0.620. The molecule has 0 radical (unpaired) electrons. The monoisotopic (exact) mass is 388 g/mol. The lowest BCUT2D eigenvalue weighted by Gasteiger charge is -2.31. The van der Waals surface area contributed by atoms with Crippen LogP contribution in [0, 0.1) is 0 Å². The minimum Gasteiger partial charge on any atom is -0.426 e. The van der Waals surface area contributed by atoms with E-state index >= 15 is 0 Å². The van der Waals surface area contributed by atoms with Gasteiger partial charge in [0.15, 0.2) is 11.6 Å². The Morgan fingerprint density at radius 1 is 1.23 bits per heavy atom. The summed E-state index contributed by atoms with van der Waals surface area (Å²) >= 11 is -0.356. The number of fused-ring (bicyclic) bond motifs is 1. The van der Waals surface area contributed by atoms with Crippen LogP contribution in [0.25, 0.3) is 0 Å². The Bertz CT molecular complexity index is 820. The number of Topliss-reactive ketones (excluding diaryl/α,β-unsaturated/α-hetero) is 1. The van der Waals surface area contributed by atoms with Gasteiger partial charge in [-0.2, -0.15) is 17.6 Å². The molecule has 1 N–H and O–H groups in total. The number of ether oxygens (including phenoxy) is 1. The number of hydrogen-bond donors (Lipinski definition) is 1. The summed E-state index contributed by atoms with van der Waals surface area (Å²) in [7, 11) is 0. The number of aliphatic hydroxyl groups is 1. The number of rotatable bonds is 5. The molecule has 5 nitrogen and oxygen atoms in total. The van der Waals surface area contributed by atoms with E-state index in [0.717, 1.165) is 12.1 Å².